The number of halogens is 1. The summed E-state index contributed by atoms with van der Waals surface area (Å²) in [5.74, 6) is 2.41. The van der Waals surface area contributed by atoms with Crippen LogP contribution in [0.3, 0.4) is 0 Å². The maximum Gasteiger partial charge on any atom is 0.410 e. The van der Waals surface area contributed by atoms with Crippen LogP contribution < -0.4 is 15.6 Å². The van der Waals surface area contributed by atoms with Gasteiger partial charge in [-0.2, -0.15) is 0 Å². The fraction of sp³-hybridized carbons (Fsp3) is 0.567. The fourth-order valence-electron chi connectivity index (χ4n) is 5.72. The molecule has 2 fully saturated rings. The van der Waals surface area contributed by atoms with Crippen LogP contribution in [0.5, 0.6) is 5.75 Å². The number of hydrogen-bond donors (Lipinski definition) is 1. The molecule has 9 nitrogen and oxygen atoms in total. The van der Waals surface area contributed by atoms with Crippen molar-refractivity contribution in [3.05, 3.63) is 56.2 Å². The summed E-state index contributed by atoms with van der Waals surface area (Å²) in [6, 6.07) is 8.66. The molecule has 2 aliphatic heterocycles. The third-order valence-corrected chi connectivity index (χ3v) is 9.27. The highest BCUT2D eigenvalue weighted by Gasteiger charge is 2.29. The molecule has 3 aromatic rings. The Labute approximate surface area is 254 Å². The third-order valence-electron chi connectivity index (χ3n) is 7.80. The Morgan fingerprint density at radius 2 is 1.90 bits per heavy atom. The first-order chi connectivity index (χ1) is 19.6. The summed E-state index contributed by atoms with van der Waals surface area (Å²) in [4.78, 5) is 34.5. The molecule has 1 N–H and O–H groups in total. The van der Waals surface area contributed by atoms with Gasteiger partial charge in [-0.1, -0.05) is 12.1 Å². The van der Waals surface area contributed by atoms with Crippen molar-refractivity contribution in [3.63, 3.8) is 0 Å². The van der Waals surface area contributed by atoms with Gasteiger partial charge in [-0.15, -0.1) is 11.3 Å². The Bertz CT molecular complexity index is 1390. The van der Waals surface area contributed by atoms with Crippen LogP contribution in [0, 0.1) is 5.92 Å². The zero-order chi connectivity index (χ0) is 29.1. The van der Waals surface area contributed by atoms with Gasteiger partial charge in [0.15, 0.2) is 4.96 Å². The standard InChI is InChI=1S/C30H40BrN5O4S/c1-30(2,3)40-29(38)35-12-9-20(10-13-35)11-15-39-24-7-5-21(6-8-24)22-17-23(19-34(4)18-22)32-26-25(31)27(37)36-14-16-41-28(36)33-26/h5-8,14,16,20,22-23,32H,9-13,15,17-19H2,1-4H3/t22?,23-/m1/s1. The van der Waals surface area contributed by atoms with Crippen molar-refractivity contribution in [2.45, 2.75) is 64.0 Å². The number of amides is 1. The van der Waals surface area contributed by atoms with Crippen molar-refractivity contribution in [2.75, 3.05) is 45.2 Å². The third kappa shape index (κ3) is 7.61. The number of ether oxygens (including phenoxy) is 2. The number of carbonyl (C=O) groups is 1. The van der Waals surface area contributed by atoms with Crippen LogP contribution in [0.4, 0.5) is 10.6 Å². The van der Waals surface area contributed by atoms with Crippen molar-refractivity contribution >= 4 is 44.1 Å². The predicted octanol–water partition coefficient (Wildman–Crippen LogP) is 5.83. The van der Waals surface area contributed by atoms with Gasteiger partial charge in [0.05, 0.1) is 6.61 Å². The molecule has 222 valence electrons. The molecule has 2 atom stereocenters. The van der Waals surface area contributed by atoms with E-state index in [9.17, 15) is 9.59 Å². The summed E-state index contributed by atoms with van der Waals surface area (Å²) < 4.78 is 13.6. The highest BCUT2D eigenvalue weighted by Crippen LogP contribution is 2.31. The van der Waals surface area contributed by atoms with Crippen LogP contribution >= 0.6 is 27.3 Å². The summed E-state index contributed by atoms with van der Waals surface area (Å²) in [5.41, 5.74) is 0.728. The van der Waals surface area contributed by atoms with Gasteiger partial charge in [0.25, 0.3) is 5.56 Å². The molecule has 2 saturated heterocycles. The molecular weight excluding hydrogens is 606 g/mol. The van der Waals surface area contributed by atoms with Gasteiger partial charge in [0.2, 0.25) is 0 Å². The molecule has 0 bridgehead atoms. The lowest BCUT2D eigenvalue weighted by Gasteiger charge is -2.36. The van der Waals surface area contributed by atoms with Crippen LogP contribution in [0.15, 0.2) is 45.1 Å². The number of hydrogen-bond acceptors (Lipinski definition) is 8. The molecule has 0 saturated carbocycles. The predicted molar refractivity (Wildman–Crippen MR) is 166 cm³/mol. The van der Waals surface area contributed by atoms with Crippen LogP contribution in [-0.2, 0) is 4.74 Å². The van der Waals surface area contributed by atoms with Gasteiger partial charge in [0.1, 0.15) is 21.6 Å². The molecule has 1 aromatic carbocycles. The molecular formula is C30H40BrN5O4S. The Hall–Kier alpha value is -2.63. The van der Waals surface area contributed by atoms with Gasteiger partial charge in [-0.3, -0.25) is 9.20 Å². The van der Waals surface area contributed by atoms with Crippen LogP contribution in [-0.4, -0.2) is 76.8 Å². The van der Waals surface area contributed by atoms with E-state index in [0.717, 1.165) is 57.6 Å². The van der Waals surface area contributed by atoms with E-state index >= 15 is 0 Å². The first-order valence-corrected chi connectivity index (χ1v) is 16.0. The lowest BCUT2D eigenvalue weighted by Crippen LogP contribution is -2.43. The van der Waals surface area contributed by atoms with Crippen molar-refractivity contribution in [2.24, 2.45) is 5.92 Å². The number of rotatable bonds is 7. The summed E-state index contributed by atoms with van der Waals surface area (Å²) in [5, 5.41) is 5.40. The van der Waals surface area contributed by atoms with Gasteiger partial charge in [-0.25, -0.2) is 9.78 Å². The highest BCUT2D eigenvalue weighted by molar-refractivity contribution is 9.10. The minimum atomic E-state index is -0.459. The topological polar surface area (TPSA) is 88.4 Å². The van der Waals surface area contributed by atoms with Crippen LogP contribution in [0.2, 0.25) is 0 Å². The molecule has 0 aliphatic carbocycles. The summed E-state index contributed by atoms with van der Waals surface area (Å²) in [6.45, 7) is 9.72. The normalized spacial score (nSPS) is 20.8. The van der Waals surface area contributed by atoms with E-state index < -0.39 is 5.60 Å². The van der Waals surface area contributed by atoms with Crippen molar-refractivity contribution < 1.29 is 14.3 Å². The zero-order valence-corrected chi connectivity index (χ0v) is 26.7. The lowest BCUT2D eigenvalue weighted by atomic mass is 9.88. The molecule has 2 aliphatic rings. The Kier molecular flexibility index (Phi) is 9.25. The smallest absolute Gasteiger partial charge is 0.410 e. The largest absolute Gasteiger partial charge is 0.494 e. The van der Waals surface area contributed by atoms with E-state index in [2.05, 4.69) is 62.4 Å². The van der Waals surface area contributed by atoms with Gasteiger partial charge in [-0.05, 0) is 99.0 Å². The Morgan fingerprint density at radius 1 is 1.17 bits per heavy atom. The second kappa shape index (κ2) is 12.7. The number of likely N-dealkylation sites (N-methyl/N-ethyl adjacent to an activating group) is 1. The maximum atomic E-state index is 12.7. The number of aromatic nitrogens is 2. The maximum absolute atomic E-state index is 12.7. The van der Waals surface area contributed by atoms with E-state index in [1.54, 1.807) is 10.6 Å². The number of thiazole rings is 1. The second-order valence-corrected chi connectivity index (χ2v) is 13.9. The van der Waals surface area contributed by atoms with E-state index in [1.807, 2.05) is 31.1 Å². The number of fused-ring (bicyclic) bond motifs is 1. The average molecular weight is 647 g/mol. The minimum Gasteiger partial charge on any atom is -0.494 e. The highest BCUT2D eigenvalue weighted by atomic mass is 79.9. The molecule has 1 unspecified atom stereocenters. The first-order valence-electron chi connectivity index (χ1n) is 14.4. The lowest BCUT2D eigenvalue weighted by molar-refractivity contribution is 0.0177. The molecule has 2 aromatic heterocycles. The molecule has 5 rings (SSSR count). The van der Waals surface area contributed by atoms with Crippen molar-refractivity contribution in [3.8, 4) is 5.75 Å². The SMILES string of the molecule is CN1CC(c2ccc(OCCC3CCN(C(=O)OC(C)(C)C)CC3)cc2)C[C@@H](Nc2nc3sccn3c(=O)c2Br)C1. The van der Waals surface area contributed by atoms with Crippen LogP contribution in [0.25, 0.3) is 4.96 Å². The molecule has 1 amide bonds. The number of nitrogens with one attached hydrogen (secondary N) is 1. The molecule has 11 heteroatoms. The summed E-state index contributed by atoms with van der Waals surface area (Å²) in [7, 11) is 2.14. The minimum absolute atomic E-state index is 0.0960. The molecule has 4 heterocycles. The van der Waals surface area contributed by atoms with Gasteiger partial charge < -0.3 is 24.6 Å². The van der Waals surface area contributed by atoms with E-state index in [-0.39, 0.29) is 17.7 Å². The summed E-state index contributed by atoms with van der Waals surface area (Å²) in [6.07, 6.45) is 5.43. The van der Waals surface area contributed by atoms with Crippen LogP contribution in [0.1, 0.15) is 57.9 Å². The fourth-order valence-corrected chi connectivity index (χ4v) is 6.82. The average Bonchev–Trinajstić information content (AvgIpc) is 3.40. The number of anilines is 1. The number of nitrogens with zero attached hydrogens (tertiary/aromatic N) is 4. The quantitative estimate of drug-likeness (QED) is 0.346. The number of benzene rings is 1. The van der Waals surface area contributed by atoms with E-state index in [1.165, 1.54) is 16.9 Å². The van der Waals surface area contributed by atoms with Gasteiger partial charge in [0, 0.05) is 43.8 Å². The molecule has 0 spiro atoms. The number of piperidine rings is 2. The second-order valence-electron chi connectivity index (χ2n) is 12.2. The monoisotopic (exact) mass is 645 g/mol. The molecule has 41 heavy (non-hydrogen) atoms. The van der Waals surface area contributed by atoms with E-state index in [4.69, 9.17) is 9.47 Å². The first kappa shape index (κ1) is 29.8. The molecule has 0 radical (unpaired) electrons. The zero-order valence-electron chi connectivity index (χ0n) is 24.3. The Balaban J connectivity index is 1.10. The van der Waals surface area contributed by atoms with Gasteiger partial charge >= 0.3 is 6.09 Å². The Morgan fingerprint density at radius 3 is 2.61 bits per heavy atom. The summed E-state index contributed by atoms with van der Waals surface area (Å²) >= 11 is 4.91. The number of carbonyl (C=O) groups excluding carboxylic acids is 1. The van der Waals surface area contributed by atoms with E-state index in [0.29, 0.717) is 33.7 Å². The van der Waals surface area contributed by atoms with Crippen molar-refractivity contribution in [1.82, 2.24) is 19.2 Å². The van der Waals surface area contributed by atoms with Crippen molar-refractivity contribution in [1.29, 1.82) is 0 Å². The number of likely N-dealkylation sites (tertiary alicyclic amines) is 2.